The predicted molar refractivity (Wildman–Crippen MR) is 137 cm³/mol. The van der Waals surface area contributed by atoms with Crippen molar-refractivity contribution in [2.75, 3.05) is 32.1 Å². The van der Waals surface area contributed by atoms with Crippen molar-refractivity contribution < 1.29 is 28.3 Å². The zero-order valence-corrected chi connectivity index (χ0v) is 21.6. The number of esters is 2. The Labute approximate surface area is 213 Å². The van der Waals surface area contributed by atoms with Gasteiger partial charge in [-0.05, 0) is 62.3 Å². The first kappa shape index (κ1) is 25.9. The molecule has 1 N–H and O–H groups in total. The van der Waals surface area contributed by atoms with Crippen LogP contribution in [-0.2, 0) is 25.7 Å². The monoisotopic (exact) mass is 493 g/mol. The van der Waals surface area contributed by atoms with Crippen LogP contribution in [0.4, 0.5) is 5.69 Å². The molecule has 36 heavy (non-hydrogen) atoms. The van der Waals surface area contributed by atoms with Crippen molar-refractivity contribution in [3.05, 3.63) is 64.7 Å². The predicted octanol–water partition coefficient (Wildman–Crippen LogP) is 4.70. The summed E-state index contributed by atoms with van der Waals surface area (Å²) >= 11 is 0. The summed E-state index contributed by atoms with van der Waals surface area (Å²) in [7, 11) is 1.34. The van der Waals surface area contributed by atoms with Gasteiger partial charge in [0.2, 0.25) is 0 Å². The van der Waals surface area contributed by atoms with Crippen LogP contribution in [0.15, 0.2) is 42.5 Å². The minimum atomic E-state index is -0.694. The van der Waals surface area contributed by atoms with Crippen LogP contribution in [-0.4, -0.2) is 54.6 Å². The second-order valence-electron chi connectivity index (χ2n) is 10.3. The van der Waals surface area contributed by atoms with Gasteiger partial charge in [-0.3, -0.25) is 4.79 Å². The van der Waals surface area contributed by atoms with Crippen LogP contribution < -0.4 is 5.32 Å². The third-order valence-electron chi connectivity index (χ3n) is 7.77. The summed E-state index contributed by atoms with van der Waals surface area (Å²) in [5, 5.41) is 3.09. The second kappa shape index (κ2) is 10.8. The first-order valence-electron chi connectivity index (χ1n) is 12.9. The van der Waals surface area contributed by atoms with Gasteiger partial charge in [-0.15, -0.1) is 0 Å². The van der Waals surface area contributed by atoms with Crippen LogP contribution in [0.2, 0.25) is 0 Å². The van der Waals surface area contributed by atoms with E-state index in [2.05, 4.69) is 5.32 Å². The number of anilines is 1. The number of aryl methyl sites for hydroxylation is 2. The Morgan fingerprint density at radius 2 is 1.64 bits per heavy atom. The lowest BCUT2D eigenvalue weighted by atomic mass is 10.0. The number of hydrogen-bond acceptors (Lipinski definition) is 5. The first-order chi connectivity index (χ1) is 17.3. The Balaban J connectivity index is 1.58. The Morgan fingerprint density at radius 1 is 0.972 bits per heavy atom. The largest absolute Gasteiger partial charge is 0.465 e. The third-order valence-corrected chi connectivity index (χ3v) is 7.77. The van der Waals surface area contributed by atoms with E-state index in [9.17, 15) is 14.4 Å². The molecule has 0 bridgehead atoms. The van der Waals surface area contributed by atoms with Gasteiger partial charge in [-0.25, -0.2) is 9.59 Å². The molecule has 0 aromatic heterocycles. The molecule has 7 nitrogen and oxygen atoms in total. The van der Waals surface area contributed by atoms with Gasteiger partial charge < -0.3 is 19.3 Å². The zero-order valence-electron chi connectivity index (χ0n) is 21.6. The van der Waals surface area contributed by atoms with Crippen LogP contribution in [0.25, 0.3) is 0 Å². The summed E-state index contributed by atoms with van der Waals surface area (Å²) in [4.78, 5) is 39.5. The summed E-state index contributed by atoms with van der Waals surface area (Å²) in [5.74, 6) is -0.885. The Kier molecular flexibility index (Phi) is 7.79. The van der Waals surface area contributed by atoms with Gasteiger partial charge in [0.25, 0.3) is 5.91 Å². The lowest BCUT2D eigenvalue weighted by Gasteiger charge is -2.43. The molecule has 4 rings (SSSR count). The molecule has 2 aliphatic rings. The van der Waals surface area contributed by atoms with Gasteiger partial charge in [0.1, 0.15) is 6.61 Å². The van der Waals surface area contributed by atoms with Crippen molar-refractivity contribution in [3.8, 4) is 0 Å². The van der Waals surface area contributed by atoms with Crippen molar-refractivity contribution in [2.45, 2.75) is 64.5 Å². The number of rotatable bonds is 8. The zero-order chi connectivity index (χ0) is 25.8. The third kappa shape index (κ3) is 5.31. The number of ether oxygens (including phenoxy) is 2. The molecule has 1 aliphatic carbocycles. The molecular weight excluding hydrogens is 456 g/mol. The first-order valence-corrected chi connectivity index (χ1v) is 12.9. The maximum absolute atomic E-state index is 13.9. The van der Waals surface area contributed by atoms with E-state index in [1.807, 2.05) is 50.2 Å². The van der Waals surface area contributed by atoms with Gasteiger partial charge in [0, 0.05) is 12.8 Å². The fourth-order valence-electron chi connectivity index (χ4n) is 5.73. The van der Waals surface area contributed by atoms with Crippen molar-refractivity contribution >= 4 is 23.5 Å². The standard InChI is InChI=1S/C29H36N2O5/c1-21-17-22(2)26(24(18-21)27(33)35-3)30-28(34)29(13-14-29)31(15-9-4-5-10-16-31)19-25(32)36-20-23-11-7-6-8-12-23/h6-8,11-12,17-18H,4-5,9-10,13-16,19-20H2,1-3H3/p+1. The lowest BCUT2D eigenvalue weighted by Crippen LogP contribution is -2.64. The molecular formula is C29H37N2O5+. The Hall–Kier alpha value is -3.19. The number of benzene rings is 2. The number of carbonyl (C=O) groups is 3. The molecule has 0 radical (unpaired) electrons. The highest BCUT2D eigenvalue weighted by Crippen LogP contribution is 2.49. The van der Waals surface area contributed by atoms with E-state index in [0.717, 1.165) is 55.5 Å². The molecule has 2 aromatic carbocycles. The van der Waals surface area contributed by atoms with E-state index < -0.39 is 11.5 Å². The summed E-state index contributed by atoms with van der Waals surface area (Å²) in [5.41, 5.74) is 2.82. The maximum Gasteiger partial charge on any atom is 0.362 e. The van der Waals surface area contributed by atoms with Crippen molar-refractivity contribution in [2.24, 2.45) is 0 Å². The minimum Gasteiger partial charge on any atom is -0.465 e. The van der Waals surface area contributed by atoms with E-state index in [1.165, 1.54) is 7.11 Å². The summed E-state index contributed by atoms with van der Waals surface area (Å²) in [6.45, 7) is 5.73. The van der Waals surface area contributed by atoms with E-state index >= 15 is 0 Å². The van der Waals surface area contributed by atoms with Gasteiger partial charge in [-0.2, -0.15) is 0 Å². The fourth-order valence-corrected chi connectivity index (χ4v) is 5.73. The highest BCUT2D eigenvalue weighted by Gasteiger charge is 2.66. The molecule has 0 atom stereocenters. The Bertz CT molecular complexity index is 1120. The molecule has 1 aliphatic heterocycles. The number of nitrogens with zero attached hydrogens (tertiary/aromatic N) is 1. The fraction of sp³-hybridized carbons (Fsp3) is 0.483. The summed E-state index contributed by atoms with van der Waals surface area (Å²) in [6, 6.07) is 13.3. The number of quaternary nitrogens is 1. The molecule has 1 saturated carbocycles. The minimum absolute atomic E-state index is 0.127. The van der Waals surface area contributed by atoms with Gasteiger partial charge in [0.15, 0.2) is 12.1 Å². The average Bonchev–Trinajstić information content (AvgIpc) is 3.70. The van der Waals surface area contributed by atoms with Crippen LogP contribution >= 0.6 is 0 Å². The molecule has 1 amide bonds. The number of amides is 1. The van der Waals surface area contributed by atoms with Gasteiger partial charge >= 0.3 is 11.9 Å². The smallest absolute Gasteiger partial charge is 0.362 e. The molecule has 1 saturated heterocycles. The molecule has 0 spiro atoms. The summed E-state index contributed by atoms with van der Waals surface area (Å²) < 4.78 is 11.1. The lowest BCUT2D eigenvalue weighted by molar-refractivity contribution is -0.945. The van der Waals surface area contributed by atoms with Gasteiger partial charge in [0.05, 0.1) is 31.5 Å². The van der Waals surface area contributed by atoms with E-state index in [4.69, 9.17) is 9.47 Å². The maximum atomic E-state index is 13.9. The number of carbonyl (C=O) groups excluding carboxylic acids is 3. The molecule has 7 heteroatoms. The topological polar surface area (TPSA) is 81.7 Å². The molecule has 192 valence electrons. The number of likely N-dealkylation sites (tertiary alicyclic amines) is 1. The SMILES string of the molecule is COC(=O)c1cc(C)cc(C)c1NC(=O)C1([N+]2(CC(=O)OCc3ccccc3)CCCCCC2)CC1. The molecule has 1 heterocycles. The number of hydrogen-bond donors (Lipinski definition) is 1. The van der Waals surface area contributed by atoms with Crippen molar-refractivity contribution in [1.82, 2.24) is 0 Å². The quantitative estimate of drug-likeness (QED) is 0.426. The van der Waals surface area contributed by atoms with E-state index in [1.54, 1.807) is 6.07 Å². The second-order valence-corrected chi connectivity index (χ2v) is 10.3. The van der Waals surface area contributed by atoms with Crippen LogP contribution in [0, 0.1) is 13.8 Å². The van der Waals surface area contributed by atoms with Crippen LogP contribution in [0.5, 0.6) is 0 Å². The van der Waals surface area contributed by atoms with Crippen molar-refractivity contribution in [3.63, 3.8) is 0 Å². The van der Waals surface area contributed by atoms with Crippen LogP contribution in [0.1, 0.15) is 65.6 Å². The van der Waals surface area contributed by atoms with Gasteiger partial charge in [-0.1, -0.05) is 36.4 Å². The molecule has 2 aromatic rings. The number of nitrogens with one attached hydrogen (secondary N) is 1. The molecule has 0 unspecified atom stereocenters. The highest BCUT2D eigenvalue weighted by atomic mass is 16.5. The normalized spacial score (nSPS) is 18.0. The van der Waals surface area contributed by atoms with E-state index in [-0.39, 0.29) is 25.0 Å². The van der Waals surface area contributed by atoms with E-state index in [0.29, 0.717) is 28.6 Å². The number of methoxy groups -OCH3 is 1. The summed E-state index contributed by atoms with van der Waals surface area (Å²) in [6.07, 6.45) is 5.56. The highest BCUT2D eigenvalue weighted by molar-refractivity contribution is 6.06. The molecule has 2 fully saturated rings. The average molecular weight is 494 g/mol. The van der Waals surface area contributed by atoms with Crippen molar-refractivity contribution in [1.29, 1.82) is 0 Å². The Morgan fingerprint density at radius 3 is 2.25 bits per heavy atom. The van der Waals surface area contributed by atoms with Crippen LogP contribution in [0.3, 0.4) is 0 Å².